The minimum atomic E-state index is -0.325. The van der Waals surface area contributed by atoms with Gasteiger partial charge in [0.05, 0.1) is 11.5 Å². The van der Waals surface area contributed by atoms with Gasteiger partial charge in [0.25, 0.3) is 0 Å². The lowest BCUT2D eigenvalue weighted by molar-refractivity contribution is 0.154. The Bertz CT molecular complexity index is 181. The first-order chi connectivity index (χ1) is 7.59. The van der Waals surface area contributed by atoms with Gasteiger partial charge in [-0.1, -0.05) is 33.1 Å². The number of hydrogen-bond donors (Lipinski definition) is 2. The van der Waals surface area contributed by atoms with E-state index in [1.807, 2.05) is 11.8 Å². The summed E-state index contributed by atoms with van der Waals surface area (Å²) >= 11 is 1.81. The predicted octanol–water partition coefficient (Wildman–Crippen LogP) is 3.13. The zero-order valence-corrected chi connectivity index (χ0v) is 11.5. The smallest absolute Gasteiger partial charge is 0.0784 e. The number of thioether (sulfide) groups is 1. The van der Waals surface area contributed by atoms with Crippen molar-refractivity contribution >= 4 is 11.8 Å². The summed E-state index contributed by atoms with van der Waals surface area (Å²) in [5.41, 5.74) is 6.05. The fourth-order valence-electron chi connectivity index (χ4n) is 2.18. The maximum atomic E-state index is 9.95. The van der Waals surface area contributed by atoms with Gasteiger partial charge in [-0.3, -0.25) is 0 Å². The first kappa shape index (κ1) is 14.3. The van der Waals surface area contributed by atoms with Crippen LogP contribution >= 0.6 is 11.8 Å². The molecule has 1 rings (SSSR count). The summed E-state index contributed by atoms with van der Waals surface area (Å²) in [6.07, 6.45) is 8.22. The summed E-state index contributed by atoms with van der Waals surface area (Å²) in [7, 11) is 0. The lowest BCUT2D eigenvalue weighted by Gasteiger charge is -2.27. The van der Waals surface area contributed by atoms with Gasteiger partial charge in [-0.25, -0.2) is 0 Å². The van der Waals surface area contributed by atoms with E-state index in [-0.39, 0.29) is 11.5 Å². The highest BCUT2D eigenvalue weighted by Gasteiger charge is 2.21. The summed E-state index contributed by atoms with van der Waals surface area (Å²) in [5, 5.41) is 10.6. The van der Waals surface area contributed by atoms with E-state index in [2.05, 4.69) is 13.8 Å². The predicted molar refractivity (Wildman–Crippen MR) is 72.5 cm³/mol. The zero-order chi connectivity index (χ0) is 12.0. The second kappa shape index (κ2) is 7.57. The molecule has 0 spiro atoms. The summed E-state index contributed by atoms with van der Waals surface area (Å²) in [4.78, 5) is 0. The van der Waals surface area contributed by atoms with Crippen molar-refractivity contribution in [3.63, 3.8) is 0 Å². The van der Waals surface area contributed by atoms with E-state index in [9.17, 15) is 5.11 Å². The van der Waals surface area contributed by atoms with Gasteiger partial charge in [0.2, 0.25) is 0 Å². The number of aliphatic hydroxyl groups excluding tert-OH is 1. The molecule has 0 radical (unpaired) electrons. The molecular weight excluding hydrogens is 218 g/mol. The maximum absolute atomic E-state index is 9.95. The molecule has 2 atom stereocenters. The minimum Gasteiger partial charge on any atom is -0.391 e. The Morgan fingerprint density at radius 1 is 1.19 bits per heavy atom. The molecule has 0 bridgehead atoms. The highest BCUT2D eigenvalue weighted by molar-refractivity contribution is 8.00. The maximum Gasteiger partial charge on any atom is 0.0784 e. The van der Waals surface area contributed by atoms with E-state index in [4.69, 9.17) is 5.73 Å². The summed E-state index contributed by atoms with van der Waals surface area (Å²) in [5.74, 6) is 0.654. The molecule has 1 fully saturated rings. The molecule has 2 nitrogen and oxygen atoms in total. The Morgan fingerprint density at radius 2 is 1.81 bits per heavy atom. The van der Waals surface area contributed by atoms with Gasteiger partial charge in [0, 0.05) is 5.25 Å². The van der Waals surface area contributed by atoms with Crippen molar-refractivity contribution in [2.75, 3.05) is 0 Å². The van der Waals surface area contributed by atoms with Crippen molar-refractivity contribution in [3.05, 3.63) is 0 Å². The molecule has 0 aromatic rings. The zero-order valence-electron chi connectivity index (χ0n) is 10.7. The molecule has 1 aliphatic rings. The number of hydrogen-bond acceptors (Lipinski definition) is 3. The molecule has 3 N–H and O–H groups in total. The van der Waals surface area contributed by atoms with E-state index >= 15 is 0 Å². The fourth-order valence-corrected chi connectivity index (χ4v) is 3.55. The summed E-state index contributed by atoms with van der Waals surface area (Å²) < 4.78 is 0. The van der Waals surface area contributed by atoms with E-state index in [0.717, 1.165) is 12.8 Å². The van der Waals surface area contributed by atoms with Crippen LogP contribution in [-0.2, 0) is 0 Å². The van der Waals surface area contributed by atoms with Crippen LogP contribution in [0.2, 0.25) is 0 Å². The van der Waals surface area contributed by atoms with Crippen molar-refractivity contribution in [1.29, 1.82) is 0 Å². The number of nitrogens with two attached hydrogens (primary N) is 1. The van der Waals surface area contributed by atoms with Gasteiger partial charge < -0.3 is 10.8 Å². The van der Waals surface area contributed by atoms with Crippen LogP contribution in [0.25, 0.3) is 0 Å². The van der Waals surface area contributed by atoms with Crippen LogP contribution in [0.5, 0.6) is 0 Å². The van der Waals surface area contributed by atoms with Crippen LogP contribution in [0.15, 0.2) is 0 Å². The Hall–Kier alpha value is 0.270. The van der Waals surface area contributed by atoms with Gasteiger partial charge in [0.1, 0.15) is 0 Å². The molecule has 1 saturated carbocycles. The van der Waals surface area contributed by atoms with Crippen LogP contribution in [0, 0.1) is 5.92 Å². The van der Waals surface area contributed by atoms with Crippen molar-refractivity contribution in [3.8, 4) is 0 Å². The quantitative estimate of drug-likeness (QED) is 0.707. The average Bonchev–Trinajstić information content (AvgIpc) is 2.27. The molecule has 3 heteroatoms. The molecule has 2 unspecified atom stereocenters. The number of aliphatic hydroxyl groups is 1. The summed E-state index contributed by atoms with van der Waals surface area (Å²) in [6, 6.07) is 0. The lowest BCUT2D eigenvalue weighted by Crippen LogP contribution is -2.34. The third-order valence-corrected chi connectivity index (χ3v) is 4.81. The van der Waals surface area contributed by atoms with Crippen molar-refractivity contribution in [1.82, 2.24) is 0 Å². The van der Waals surface area contributed by atoms with Crippen LogP contribution in [-0.4, -0.2) is 21.8 Å². The highest BCUT2D eigenvalue weighted by Crippen LogP contribution is 2.31. The van der Waals surface area contributed by atoms with E-state index in [1.54, 1.807) is 0 Å². The first-order valence-electron chi connectivity index (χ1n) is 6.68. The summed E-state index contributed by atoms with van der Waals surface area (Å²) in [6.45, 7) is 4.37. The standard InChI is InChI=1S/C13H27NOS/c1-10(2)8-9-12(15)13(14)16-11-6-4-3-5-7-11/h10-13,15H,3-9,14H2,1-2H3. The Labute approximate surface area is 104 Å². The van der Waals surface area contributed by atoms with Gasteiger partial charge in [-0.05, 0) is 31.6 Å². The number of rotatable bonds is 6. The molecule has 96 valence electrons. The molecule has 0 aromatic carbocycles. The molecular formula is C13H27NOS. The third-order valence-electron chi connectivity index (χ3n) is 3.32. The Morgan fingerprint density at radius 3 is 2.38 bits per heavy atom. The average molecular weight is 245 g/mol. The highest BCUT2D eigenvalue weighted by atomic mass is 32.2. The topological polar surface area (TPSA) is 46.2 Å². The Kier molecular flexibility index (Phi) is 6.78. The second-order valence-electron chi connectivity index (χ2n) is 5.40. The van der Waals surface area contributed by atoms with Crippen molar-refractivity contribution < 1.29 is 5.11 Å². The van der Waals surface area contributed by atoms with Gasteiger partial charge in [-0.15, -0.1) is 11.8 Å². The van der Waals surface area contributed by atoms with Gasteiger partial charge >= 0.3 is 0 Å². The van der Waals surface area contributed by atoms with E-state index in [1.165, 1.54) is 32.1 Å². The lowest BCUT2D eigenvalue weighted by atomic mass is 10.0. The second-order valence-corrected chi connectivity index (χ2v) is 6.88. The minimum absolute atomic E-state index is 0.0816. The van der Waals surface area contributed by atoms with Crippen molar-refractivity contribution in [2.45, 2.75) is 75.5 Å². The van der Waals surface area contributed by atoms with Crippen molar-refractivity contribution in [2.24, 2.45) is 11.7 Å². The van der Waals surface area contributed by atoms with Crippen LogP contribution in [0.1, 0.15) is 58.8 Å². The van der Waals surface area contributed by atoms with Crippen LogP contribution in [0.4, 0.5) is 0 Å². The monoisotopic (exact) mass is 245 g/mol. The van der Waals surface area contributed by atoms with Gasteiger partial charge in [-0.2, -0.15) is 0 Å². The van der Waals surface area contributed by atoms with E-state index in [0.29, 0.717) is 11.2 Å². The molecule has 0 heterocycles. The van der Waals surface area contributed by atoms with Gasteiger partial charge in [0.15, 0.2) is 0 Å². The van der Waals surface area contributed by atoms with Crippen LogP contribution in [0.3, 0.4) is 0 Å². The molecule has 0 aromatic heterocycles. The van der Waals surface area contributed by atoms with E-state index < -0.39 is 0 Å². The molecule has 0 saturated heterocycles. The largest absolute Gasteiger partial charge is 0.391 e. The fraction of sp³-hybridized carbons (Fsp3) is 1.00. The molecule has 0 aliphatic heterocycles. The molecule has 16 heavy (non-hydrogen) atoms. The SMILES string of the molecule is CC(C)CCC(O)C(N)SC1CCCCC1. The molecule has 1 aliphatic carbocycles. The first-order valence-corrected chi connectivity index (χ1v) is 7.63. The molecule has 0 amide bonds. The normalized spacial score (nSPS) is 22.3. The third kappa shape index (κ3) is 5.55. The Balaban J connectivity index is 2.19. The van der Waals surface area contributed by atoms with Crippen LogP contribution < -0.4 is 5.73 Å².